The Morgan fingerprint density at radius 3 is 1.70 bits per heavy atom. The van der Waals surface area contributed by atoms with Gasteiger partial charge in [-0.25, -0.2) is 0 Å². The minimum atomic E-state index is 0.139. The van der Waals surface area contributed by atoms with Crippen LogP contribution in [0.2, 0.25) is 0 Å². The van der Waals surface area contributed by atoms with Gasteiger partial charge in [0.1, 0.15) is 0 Å². The zero-order chi connectivity index (χ0) is 15.0. The van der Waals surface area contributed by atoms with Crippen LogP contribution in [0, 0.1) is 41.5 Å². The number of benzene rings is 2. The molecule has 0 aliphatic carbocycles. The Balaban J connectivity index is 2.61. The number of carbonyl (C=O) groups is 1. The lowest BCUT2D eigenvalue weighted by molar-refractivity contribution is 0.103. The van der Waals surface area contributed by atoms with Crippen molar-refractivity contribution in [1.82, 2.24) is 0 Å². The zero-order valence-corrected chi connectivity index (χ0v) is 13.2. The van der Waals surface area contributed by atoms with E-state index >= 15 is 0 Å². The summed E-state index contributed by atoms with van der Waals surface area (Å²) in [7, 11) is 0. The molecule has 0 aliphatic heterocycles. The van der Waals surface area contributed by atoms with Gasteiger partial charge in [-0.05, 0) is 75.4 Å². The van der Waals surface area contributed by atoms with Crippen LogP contribution in [0.15, 0.2) is 24.3 Å². The van der Waals surface area contributed by atoms with Gasteiger partial charge in [-0.1, -0.05) is 23.8 Å². The summed E-state index contributed by atoms with van der Waals surface area (Å²) < 4.78 is 0. The van der Waals surface area contributed by atoms with E-state index in [0.29, 0.717) is 0 Å². The molecule has 0 atom stereocenters. The molecular formula is C19H22O. The molecule has 0 aliphatic rings. The molecule has 0 saturated carbocycles. The highest BCUT2D eigenvalue weighted by molar-refractivity contribution is 6.11. The average molecular weight is 266 g/mol. The zero-order valence-electron chi connectivity index (χ0n) is 13.2. The van der Waals surface area contributed by atoms with E-state index in [2.05, 4.69) is 39.0 Å². The first-order valence-corrected chi connectivity index (χ1v) is 7.01. The second kappa shape index (κ2) is 5.24. The summed E-state index contributed by atoms with van der Waals surface area (Å²) in [5.74, 6) is 0.139. The summed E-state index contributed by atoms with van der Waals surface area (Å²) in [6.07, 6.45) is 0. The third-order valence-corrected chi connectivity index (χ3v) is 3.99. The molecular weight excluding hydrogens is 244 g/mol. The van der Waals surface area contributed by atoms with Crippen LogP contribution in [0.3, 0.4) is 0 Å². The van der Waals surface area contributed by atoms with Crippen LogP contribution in [0.5, 0.6) is 0 Å². The van der Waals surface area contributed by atoms with E-state index in [4.69, 9.17) is 0 Å². The molecule has 0 spiro atoms. The van der Waals surface area contributed by atoms with Gasteiger partial charge in [0.25, 0.3) is 0 Å². The standard InChI is InChI=1S/C19H22O/c1-11-7-15(5)18(16(6)8-11)19(20)17-10-13(3)12(2)9-14(17)4/h7-10H,1-6H3. The highest BCUT2D eigenvalue weighted by Gasteiger charge is 2.17. The largest absolute Gasteiger partial charge is 0.289 e. The Morgan fingerprint density at radius 1 is 0.650 bits per heavy atom. The number of ketones is 1. The van der Waals surface area contributed by atoms with Gasteiger partial charge in [0, 0.05) is 11.1 Å². The number of carbonyl (C=O) groups excluding carboxylic acids is 1. The van der Waals surface area contributed by atoms with E-state index < -0.39 is 0 Å². The fourth-order valence-electron chi connectivity index (χ4n) is 2.88. The van der Waals surface area contributed by atoms with E-state index in [9.17, 15) is 4.79 Å². The van der Waals surface area contributed by atoms with E-state index in [1.54, 1.807) is 0 Å². The van der Waals surface area contributed by atoms with E-state index in [1.165, 1.54) is 16.7 Å². The maximum absolute atomic E-state index is 12.9. The molecule has 1 heteroatoms. The number of hydrogen-bond acceptors (Lipinski definition) is 1. The van der Waals surface area contributed by atoms with Crippen molar-refractivity contribution in [3.8, 4) is 0 Å². The quantitative estimate of drug-likeness (QED) is 0.716. The molecule has 0 saturated heterocycles. The van der Waals surface area contributed by atoms with Gasteiger partial charge in [-0.2, -0.15) is 0 Å². The third kappa shape index (κ3) is 2.53. The van der Waals surface area contributed by atoms with Crippen LogP contribution < -0.4 is 0 Å². The summed E-state index contributed by atoms with van der Waals surface area (Å²) >= 11 is 0. The van der Waals surface area contributed by atoms with E-state index in [-0.39, 0.29) is 5.78 Å². The van der Waals surface area contributed by atoms with Gasteiger partial charge in [0.2, 0.25) is 0 Å². The second-order valence-corrected chi connectivity index (χ2v) is 5.85. The van der Waals surface area contributed by atoms with Crippen molar-refractivity contribution >= 4 is 5.78 Å². The van der Waals surface area contributed by atoms with E-state index in [0.717, 1.165) is 27.8 Å². The number of rotatable bonds is 2. The third-order valence-electron chi connectivity index (χ3n) is 3.99. The Morgan fingerprint density at radius 2 is 1.15 bits per heavy atom. The summed E-state index contributed by atoms with van der Waals surface area (Å²) in [5, 5.41) is 0. The van der Waals surface area contributed by atoms with Crippen LogP contribution in [-0.2, 0) is 0 Å². The molecule has 104 valence electrons. The first-order chi connectivity index (χ1) is 9.31. The van der Waals surface area contributed by atoms with Crippen LogP contribution in [0.25, 0.3) is 0 Å². The molecule has 0 heterocycles. The highest BCUT2D eigenvalue weighted by Crippen LogP contribution is 2.23. The maximum atomic E-state index is 12.9. The predicted molar refractivity (Wildman–Crippen MR) is 84.7 cm³/mol. The second-order valence-electron chi connectivity index (χ2n) is 5.85. The Hall–Kier alpha value is -1.89. The summed E-state index contributed by atoms with van der Waals surface area (Å²) in [6, 6.07) is 8.28. The summed E-state index contributed by atoms with van der Waals surface area (Å²) in [6.45, 7) is 12.3. The van der Waals surface area contributed by atoms with Gasteiger partial charge in [-0.15, -0.1) is 0 Å². The van der Waals surface area contributed by atoms with Crippen LogP contribution in [-0.4, -0.2) is 5.78 Å². The lowest BCUT2D eigenvalue weighted by Gasteiger charge is -2.13. The van der Waals surface area contributed by atoms with E-state index in [1.807, 2.05) is 26.8 Å². The van der Waals surface area contributed by atoms with Crippen molar-refractivity contribution in [3.63, 3.8) is 0 Å². The molecule has 0 radical (unpaired) electrons. The molecule has 20 heavy (non-hydrogen) atoms. The monoisotopic (exact) mass is 266 g/mol. The molecule has 0 N–H and O–H groups in total. The maximum Gasteiger partial charge on any atom is 0.193 e. The summed E-state index contributed by atoms with van der Waals surface area (Å²) in [4.78, 5) is 12.9. The molecule has 2 rings (SSSR count). The molecule has 0 unspecified atom stereocenters. The van der Waals surface area contributed by atoms with Gasteiger partial charge < -0.3 is 0 Å². The van der Waals surface area contributed by atoms with Crippen molar-refractivity contribution < 1.29 is 4.79 Å². The SMILES string of the molecule is Cc1cc(C)c(C(=O)c2cc(C)c(C)cc2C)c(C)c1. The molecule has 0 bridgehead atoms. The first-order valence-electron chi connectivity index (χ1n) is 7.01. The van der Waals surface area contributed by atoms with Crippen molar-refractivity contribution in [2.75, 3.05) is 0 Å². The molecule has 2 aromatic carbocycles. The number of hydrogen-bond donors (Lipinski definition) is 0. The lowest BCUT2D eigenvalue weighted by Crippen LogP contribution is -2.09. The first kappa shape index (κ1) is 14.5. The predicted octanol–water partition coefficient (Wildman–Crippen LogP) is 4.77. The molecule has 0 fully saturated rings. The molecule has 1 nitrogen and oxygen atoms in total. The minimum Gasteiger partial charge on any atom is -0.289 e. The van der Waals surface area contributed by atoms with Crippen molar-refractivity contribution in [1.29, 1.82) is 0 Å². The lowest BCUT2D eigenvalue weighted by atomic mass is 9.90. The highest BCUT2D eigenvalue weighted by atomic mass is 16.1. The van der Waals surface area contributed by atoms with Gasteiger partial charge >= 0.3 is 0 Å². The minimum absolute atomic E-state index is 0.139. The van der Waals surface area contributed by atoms with Crippen LogP contribution in [0.1, 0.15) is 49.3 Å². The Labute approximate surface area is 121 Å². The average Bonchev–Trinajstić information content (AvgIpc) is 2.32. The Kier molecular flexibility index (Phi) is 3.80. The fourth-order valence-corrected chi connectivity index (χ4v) is 2.88. The fraction of sp³-hybridized carbons (Fsp3) is 0.316. The molecule has 2 aromatic rings. The van der Waals surface area contributed by atoms with Crippen molar-refractivity contribution in [2.24, 2.45) is 0 Å². The Bertz CT molecular complexity index is 670. The van der Waals surface area contributed by atoms with Crippen molar-refractivity contribution in [3.05, 3.63) is 68.8 Å². The van der Waals surface area contributed by atoms with Gasteiger partial charge in [0.05, 0.1) is 0 Å². The molecule has 0 aromatic heterocycles. The van der Waals surface area contributed by atoms with Gasteiger partial charge in [0.15, 0.2) is 5.78 Å². The van der Waals surface area contributed by atoms with Crippen LogP contribution >= 0.6 is 0 Å². The van der Waals surface area contributed by atoms with Crippen LogP contribution in [0.4, 0.5) is 0 Å². The topological polar surface area (TPSA) is 17.1 Å². The normalized spacial score (nSPS) is 10.7. The van der Waals surface area contributed by atoms with Crippen molar-refractivity contribution in [2.45, 2.75) is 41.5 Å². The van der Waals surface area contributed by atoms with Gasteiger partial charge in [-0.3, -0.25) is 4.79 Å². The smallest absolute Gasteiger partial charge is 0.193 e. The number of aryl methyl sites for hydroxylation is 6. The molecule has 0 amide bonds. The summed E-state index contributed by atoms with van der Waals surface area (Å²) in [5.41, 5.74) is 8.45.